The summed E-state index contributed by atoms with van der Waals surface area (Å²) in [5.41, 5.74) is -0.683. The second kappa shape index (κ2) is 9.34. The molecule has 190 valence electrons. The Bertz CT molecular complexity index is 1100. The molecule has 2 fully saturated rings. The number of rotatable bonds is 5. The molecule has 0 spiro atoms. The molecule has 4 heterocycles. The molecule has 1 atom stereocenters. The van der Waals surface area contributed by atoms with Crippen molar-refractivity contribution in [1.29, 1.82) is 0 Å². The van der Waals surface area contributed by atoms with Crippen molar-refractivity contribution in [2.75, 3.05) is 73.9 Å². The van der Waals surface area contributed by atoms with Gasteiger partial charge in [-0.05, 0) is 31.0 Å². The van der Waals surface area contributed by atoms with Crippen LogP contribution in [0.15, 0.2) is 35.1 Å². The first-order valence-corrected chi connectivity index (χ1v) is 12.0. The van der Waals surface area contributed by atoms with Crippen LogP contribution in [-0.4, -0.2) is 80.4 Å². The van der Waals surface area contributed by atoms with E-state index in [1.54, 1.807) is 0 Å². The molecule has 11 heteroatoms. The zero-order valence-corrected chi connectivity index (χ0v) is 19.8. The zero-order chi connectivity index (χ0) is 24.6. The molecule has 0 unspecified atom stereocenters. The lowest BCUT2D eigenvalue weighted by molar-refractivity contribution is -0.182. The van der Waals surface area contributed by atoms with Crippen molar-refractivity contribution in [1.82, 2.24) is 9.55 Å². The van der Waals surface area contributed by atoms with E-state index in [0.717, 1.165) is 35.8 Å². The number of morpholine rings is 2. The predicted molar refractivity (Wildman–Crippen MR) is 127 cm³/mol. The molecule has 0 N–H and O–H groups in total. The van der Waals surface area contributed by atoms with Crippen LogP contribution in [-0.2, 0) is 22.4 Å². The normalized spacial score (nSPS) is 23.0. The Labute approximate surface area is 201 Å². The maximum atomic E-state index is 14.3. The monoisotopic (exact) mass is 493 g/mol. The molecule has 0 bridgehead atoms. The van der Waals surface area contributed by atoms with Crippen LogP contribution in [0.25, 0.3) is 0 Å². The molecule has 0 radical (unpaired) electrons. The summed E-state index contributed by atoms with van der Waals surface area (Å²) in [5, 5.41) is 0. The van der Waals surface area contributed by atoms with E-state index in [2.05, 4.69) is 9.88 Å². The zero-order valence-electron chi connectivity index (χ0n) is 19.8. The van der Waals surface area contributed by atoms with Crippen molar-refractivity contribution in [2.24, 2.45) is 0 Å². The van der Waals surface area contributed by atoms with Gasteiger partial charge in [0.15, 0.2) is 5.54 Å². The van der Waals surface area contributed by atoms with E-state index in [9.17, 15) is 18.0 Å². The Morgan fingerprint density at radius 1 is 0.971 bits per heavy atom. The molecule has 0 aliphatic carbocycles. The third-order valence-corrected chi connectivity index (χ3v) is 7.16. The Morgan fingerprint density at radius 2 is 1.57 bits per heavy atom. The minimum Gasteiger partial charge on any atom is -0.378 e. The van der Waals surface area contributed by atoms with Crippen molar-refractivity contribution in [2.45, 2.75) is 31.6 Å². The summed E-state index contributed by atoms with van der Waals surface area (Å²) in [6, 6.07) is 9.24. The van der Waals surface area contributed by atoms with Crippen LogP contribution >= 0.6 is 0 Å². The van der Waals surface area contributed by atoms with Crippen LogP contribution in [0.4, 0.5) is 30.6 Å². The highest BCUT2D eigenvalue weighted by Crippen LogP contribution is 2.43. The van der Waals surface area contributed by atoms with Gasteiger partial charge in [-0.25, -0.2) is 0 Å². The lowest BCUT2D eigenvalue weighted by Gasteiger charge is -2.37. The molecule has 35 heavy (non-hydrogen) atoms. The van der Waals surface area contributed by atoms with Crippen LogP contribution in [0.5, 0.6) is 0 Å². The molecule has 1 aromatic heterocycles. The van der Waals surface area contributed by atoms with Gasteiger partial charge in [0.2, 0.25) is 5.95 Å². The largest absolute Gasteiger partial charge is 0.413 e. The second-order valence-corrected chi connectivity index (χ2v) is 9.38. The van der Waals surface area contributed by atoms with Gasteiger partial charge in [-0.15, -0.1) is 0 Å². The average Bonchev–Trinajstić information content (AvgIpc) is 3.17. The topological polar surface area (TPSA) is 63.1 Å². The smallest absolute Gasteiger partial charge is 0.378 e. The average molecular weight is 494 g/mol. The fourth-order valence-electron chi connectivity index (χ4n) is 4.93. The highest BCUT2D eigenvalue weighted by molar-refractivity contribution is 5.51. The van der Waals surface area contributed by atoms with Crippen LogP contribution in [0.2, 0.25) is 0 Å². The number of hydrogen-bond donors (Lipinski definition) is 0. The number of anilines is 3. The lowest BCUT2D eigenvalue weighted by Crippen LogP contribution is -2.56. The Balaban J connectivity index is 1.40. The molecular formula is C24H30F3N5O3. The third-order valence-electron chi connectivity index (χ3n) is 7.16. The van der Waals surface area contributed by atoms with Gasteiger partial charge >= 0.3 is 6.18 Å². The quantitative estimate of drug-likeness (QED) is 0.634. The maximum absolute atomic E-state index is 14.3. The number of benzene rings is 1. The van der Waals surface area contributed by atoms with E-state index >= 15 is 0 Å². The van der Waals surface area contributed by atoms with E-state index in [0.29, 0.717) is 51.8 Å². The SMILES string of the molecule is C[C@@]1(C(F)(F)F)Cn2c(nc(N3CCOCC3)cc2=O)N1CCc1ccc(N2CCOCC2)cc1. The fourth-order valence-corrected chi connectivity index (χ4v) is 4.93. The summed E-state index contributed by atoms with van der Waals surface area (Å²) in [6.45, 7) is 5.84. The molecule has 2 aromatic rings. The number of hydrogen-bond acceptors (Lipinski definition) is 7. The van der Waals surface area contributed by atoms with Crippen LogP contribution in [0.1, 0.15) is 12.5 Å². The van der Waals surface area contributed by atoms with E-state index in [1.807, 2.05) is 29.2 Å². The molecule has 8 nitrogen and oxygen atoms in total. The van der Waals surface area contributed by atoms with Gasteiger partial charge in [0.1, 0.15) is 5.82 Å². The molecular weight excluding hydrogens is 463 g/mol. The summed E-state index contributed by atoms with van der Waals surface area (Å²) in [5.74, 6) is 0.472. The van der Waals surface area contributed by atoms with Crippen LogP contribution < -0.4 is 20.3 Å². The molecule has 2 saturated heterocycles. The van der Waals surface area contributed by atoms with Crippen molar-refractivity contribution >= 4 is 17.5 Å². The Hall–Kier alpha value is -2.79. The number of fused-ring (bicyclic) bond motifs is 1. The van der Waals surface area contributed by atoms with E-state index < -0.39 is 23.8 Å². The van der Waals surface area contributed by atoms with Crippen LogP contribution in [0, 0.1) is 0 Å². The van der Waals surface area contributed by atoms with Crippen molar-refractivity contribution < 1.29 is 22.6 Å². The highest BCUT2D eigenvalue weighted by Gasteiger charge is 2.59. The summed E-state index contributed by atoms with van der Waals surface area (Å²) < 4.78 is 54.8. The Morgan fingerprint density at radius 3 is 2.17 bits per heavy atom. The first kappa shape index (κ1) is 23.9. The minimum absolute atomic E-state index is 0.0729. The second-order valence-electron chi connectivity index (χ2n) is 9.38. The van der Waals surface area contributed by atoms with E-state index in [-0.39, 0.29) is 12.5 Å². The number of aromatic nitrogens is 2. The van der Waals surface area contributed by atoms with Crippen molar-refractivity contribution in [3.8, 4) is 0 Å². The molecule has 0 saturated carbocycles. The van der Waals surface area contributed by atoms with Crippen molar-refractivity contribution in [3.63, 3.8) is 0 Å². The van der Waals surface area contributed by atoms with Gasteiger partial charge in [0.05, 0.1) is 33.0 Å². The number of halogens is 3. The summed E-state index contributed by atoms with van der Waals surface area (Å²) in [6.07, 6.45) is -4.14. The summed E-state index contributed by atoms with van der Waals surface area (Å²) >= 11 is 0. The Kier molecular flexibility index (Phi) is 6.39. The minimum atomic E-state index is -4.54. The van der Waals surface area contributed by atoms with Gasteiger partial charge in [0.25, 0.3) is 5.56 Å². The van der Waals surface area contributed by atoms with Gasteiger partial charge in [-0.3, -0.25) is 9.36 Å². The molecule has 3 aliphatic heterocycles. The van der Waals surface area contributed by atoms with E-state index in [4.69, 9.17) is 9.47 Å². The third kappa shape index (κ3) is 4.58. The predicted octanol–water partition coefficient (Wildman–Crippen LogP) is 2.30. The first-order valence-electron chi connectivity index (χ1n) is 12.0. The van der Waals surface area contributed by atoms with Gasteiger partial charge < -0.3 is 24.2 Å². The summed E-state index contributed by atoms with van der Waals surface area (Å²) in [7, 11) is 0. The molecule has 5 rings (SSSR count). The van der Waals surface area contributed by atoms with Gasteiger partial charge in [0, 0.05) is 44.5 Å². The molecule has 3 aliphatic rings. The molecule has 0 amide bonds. The van der Waals surface area contributed by atoms with Crippen LogP contribution in [0.3, 0.4) is 0 Å². The lowest BCUT2D eigenvalue weighted by atomic mass is 10.00. The number of nitrogens with zero attached hydrogens (tertiary/aromatic N) is 5. The number of ether oxygens (including phenoxy) is 2. The summed E-state index contributed by atoms with van der Waals surface area (Å²) in [4.78, 5) is 22.8. The van der Waals surface area contributed by atoms with Gasteiger partial charge in [-0.2, -0.15) is 18.2 Å². The standard InChI is InChI=1S/C24H30F3N5O3/c1-23(24(25,26)27)17-31-21(33)16-20(30-10-14-35-15-11-30)28-22(31)32(23)7-6-18-2-4-19(5-3-18)29-8-12-34-13-9-29/h2-5,16H,6-15,17H2,1H3/t23-/m0/s1. The van der Waals surface area contributed by atoms with Crippen molar-refractivity contribution in [3.05, 3.63) is 46.2 Å². The van der Waals surface area contributed by atoms with Gasteiger partial charge in [-0.1, -0.05) is 12.1 Å². The van der Waals surface area contributed by atoms with E-state index in [1.165, 1.54) is 11.0 Å². The maximum Gasteiger partial charge on any atom is 0.413 e. The fraction of sp³-hybridized carbons (Fsp3) is 0.583. The first-order chi connectivity index (χ1) is 16.8. The molecule has 1 aromatic carbocycles. The number of alkyl halides is 3. The highest BCUT2D eigenvalue weighted by atomic mass is 19.4.